The number of carbonyl (C=O) groups is 1. The quantitative estimate of drug-likeness (QED) is 0.780. The molecule has 0 bridgehead atoms. The summed E-state index contributed by atoms with van der Waals surface area (Å²) < 4.78 is 27.1. The number of thiophene rings is 1. The number of nitrogens with two attached hydrogens (primary N) is 1. The molecule has 26 heavy (non-hydrogen) atoms. The lowest BCUT2D eigenvalue weighted by Crippen LogP contribution is -2.50. The van der Waals surface area contributed by atoms with E-state index in [9.17, 15) is 13.2 Å². The zero-order valence-electron chi connectivity index (χ0n) is 14.6. The Bertz CT molecular complexity index is 904. The standard InChI is InChI=1S/C17H21N3O3S2.ClH/c1-12-10-16(13(2)24-12)25(22,23)20-8-6-19(7-9-20)17(21)14-4-3-5-15(18)11-14;/h3-5,10-11H,6-9,18H2,1-2H3;1H. The average molecular weight is 416 g/mol. The summed E-state index contributed by atoms with van der Waals surface area (Å²) in [4.78, 5) is 16.4. The number of benzene rings is 1. The highest BCUT2D eigenvalue weighted by Gasteiger charge is 2.32. The minimum atomic E-state index is -3.51. The first kappa shape index (κ1) is 20.7. The van der Waals surface area contributed by atoms with Gasteiger partial charge in [-0.25, -0.2) is 8.42 Å². The lowest BCUT2D eigenvalue weighted by molar-refractivity contribution is 0.0698. The maximum absolute atomic E-state index is 12.8. The molecule has 2 aromatic rings. The molecule has 0 saturated carbocycles. The van der Waals surface area contributed by atoms with E-state index >= 15 is 0 Å². The first-order valence-electron chi connectivity index (χ1n) is 8.01. The summed E-state index contributed by atoms with van der Waals surface area (Å²) in [6.45, 7) is 5.06. The fourth-order valence-corrected chi connectivity index (χ4v) is 5.93. The van der Waals surface area contributed by atoms with Gasteiger partial charge in [0.2, 0.25) is 10.0 Å². The van der Waals surface area contributed by atoms with E-state index in [1.807, 2.05) is 13.8 Å². The van der Waals surface area contributed by atoms with Gasteiger partial charge in [-0.15, -0.1) is 23.7 Å². The van der Waals surface area contributed by atoms with Crippen molar-refractivity contribution in [3.63, 3.8) is 0 Å². The first-order valence-corrected chi connectivity index (χ1v) is 10.3. The van der Waals surface area contributed by atoms with Gasteiger partial charge in [-0.1, -0.05) is 6.07 Å². The molecule has 1 fully saturated rings. The van der Waals surface area contributed by atoms with E-state index in [2.05, 4.69) is 0 Å². The van der Waals surface area contributed by atoms with E-state index in [-0.39, 0.29) is 18.3 Å². The highest BCUT2D eigenvalue weighted by Crippen LogP contribution is 2.28. The normalized spacial score (nSPS) is 15.5. The van der Waals surface area contributed by atoms with E-state index in [1.54, 1.807) is 35.2 Å². The molecule has 9 heteroatoms. The molecule has 6 nitrogen and oxygen atoms in total. The number of nitrogens with zero attached hydrogens (tertiary/aromatic N) is 2. The minimum Gasteiger partial charge on any atom is -0.399 e. The van der Waals surface area contributed by atoms with Crippen LogP contribution < -0.4 is 5.73 Å². The first-order chi connectivity index (χ1) is 11.8. The van der Waals surface area contributed by atoms with Crippen LogP contribution >= 0.6 is 23.7 Å². The SMILES string of the molecule is Cc1cc(S(=O)(=O)N2CCN(C(=O)c3cccc(N)c3)CC2)c(C)s1.Cl. The molecule has 1 aromatic carbocycles. The summed E-state index contributed by atoms with van der Waals surface area (Å²) in [7, 11) is -3.51. The van der Waals surface area contributed by atoms with Gasteiger partial charge in [-0.05, 0) is 38.1 Å². The predicted molar refractivity (Wildman–Crippen MR) is 107 cm³/mol. The Hall–Kier alpha value is -1.61. The van der Waals surface area contributed by atoms with Gasteiger partial charge in [0.1, 0.15) is 0 Å². The second-order valence-electron chi connectivity index (χ2n) is 6.10. The van der Waals surface area contributed by atoms with Gasteiger partial charge >= 0.3 is 0 Å². The van der Waals surface area contributed by atoms with Gasteiger partial charge < -0.3 is 10.6 Å². The molecule has 0 radical (unpaired) electrons. The van der Waals surface area contributed by atoms with Gasteiger partial charge in [0, 0.05) is 47.2 Å². The van der Waals surface area contributed by atoms with Crippen LogP contribution in [0.4, 0.5) is 5.69 Å². The zero-order chi connectivity index (χ0) is 18.2. The highest BCUT2D eigenvalue weighted by atomic mass is 35.5. The molecule has 2 heterocycles. The van der Waals surface area contributed by atoms with Crippen molar-refractivity contribution in [1.29, 1.82) is 0 Å². The Balaban J connectivity index is 0.00000243. The number of piperazine rings is 1. The van der Waals surface area contributed by atoms with Crippen LogP contribution in [0.3, 0.4) is 0 Å². The number of hydrogen-bond donors (Lipinski definition) is 1. The third kappa shape index (κ3) is 4.03. The van der Waals surface area contributed by atoms with Crippen molar-refractivity contribution >= 4 is 45.4 Å². The van der Waals surface area contributed by atoms with Crippen molar-refractivity contribution in [3.05, 3.63) is 45.6 Å². The fourth-order valence-electron chi connectivity index (χ4n) is 2.99. The molecule has 0 unspecified atom stereocenters. The number of rotatable bonds is 3. The molecule has 2 N–H and O–H groups in total. The summed E-state index contributed by atoms with van der Waals surface area (Å²) in [5.74, 6) is -0.119. The average Bonchev–Trinajstić information content (AvgIpc) is 2.93. The molecule has 0 atom stereocenters. The summed E-state index contributed by atoms with van der Waals surface area (Å²) >= 11 is 1.48. The van der Waals surface area contributed by atoms with Gasteiger partial charge in [-0.2, -0.15) is 4.31 Å². The second kappa shape index (κ2) is 7.96. The lowest BCUT2D eigenvalue weighted by Gasteiger charge is -2.34. The van der Waals surface area contributed by atoms with Crippen LogP contribution in [-0.2, 0) is 10.0 Å². The van der Waals surface area contributed by atoms with Gasteiger partial charge in [0.25, 0.3) is 5.91 Å². The fraction of sp³-hybridized carbons (Fsp3) is 0.353. The molecule has 142 valence electrons. The van der Waals surface area contributed by atoms with Crippen molar-refractivity contribution in [2.45, 2.75) is 18.7 Å². The molecule has 1 amide bonds. The van der Waals surface area contributed by atoms with Crippen molar-refractivity contribution in [1.82, 2.24) is 9.21 Å². The number of hydrogen-bond acceptors (Lipinski definition) is 5. The van der Waals surface area contributed by atoms with E-state index in [0.717, 1.165) is 9.75 Å². The Morgan fingerprint density at radius 1 is 1.12 bits per heavy atom. The zero-order valence-corrected chi connectivity index (χ0v) is 17.1. The number of nitrogen functional groups attached to an aromatic ring is 1. The molecule has 0 aliphatic carbocycles. The third-order valence-electron chi connectivity index (χ3n) is 4.27. The van der Waals surface area contributed by atoms with E-state index in [1.165, 1.54) is 15.6 Å². The topological polar surface area (TPSA) is 83.7 Å². The summed E-state index contributed by atoms with van der Waals surface area (Å²) in [6.07, 6.45) is 0. The number of anilines is 1. The van der Waals surface area contributed by atoms with Crippen LogP contribution in [0.5, 0.6) is 0 Å². The molecule has 1 aliphatic rings. The van der Waals surface area contributed by atoms with Gasteiger partial charge in [0.05, 0.1) is 4.90 Å². The lowest BCUT2D eigenvalue weighted by atomic mass is 10.1. The number of halogens is 1. The number of carbonyl (C=O) groups excluding carboxylic acids is 1. The maximum Gasteiger partial charge on any atom is 0.254 e. The molecule has 1 aromatic heterocycles. The number of sulfonamides is 1. The van der Waals surface area contributed by atoms with Gasteiger partial charge in [-0.3, -0.25) is 4.79 Å². The Morgan fingerprint density at radius 2 is 1.77 bits per heavy atom. The summed E-state index contributed by atoms with van der Waals surface area (Å²) in [5.41, 5.74) is 6.79. The van der Waals surface area contributed by atoms with E-state index in [4.69, 9.17) is 5.73 Å². The largest absolute Gasteiger partial charge is 0.399 e. The maximum atomic E-state index is 12.8. The molecule has 1 aliphatic heterocycles. The van der Waals surface area contributed by atoms with Crippen molar-refractivity contribution < 1.29 is 13.2 Å². The van der Waals surface area contributed by atoms with Crippen LogP contribution in [0.15, 0.2) is 35.2 Å². The van der Waals surface area contributed by atoms with Gasteiger partial charge in [0.15, 0.2) is 0 Å². The van der Waals surface area contributed by atoms with Crippen LogP contribution in [-0.4, -0.2) is 49.7 Å². The van der Waals surface area contributed by atoms with Crippen molar-refractivity contribution in [3.8, 4) is 0 Å². The van der Waals surface area contributed by atoms with Crippen molar-refractivity contribution in [2.75, 3.05) is 31.9 Å². The number of aryl methyl sites for hydroxylation is 2. The third-order valence-corrected chi connectivity index (χ3v) is 7.39. The number of amides is 1. The molecular formula is C17H22ClN3O3S2. The molecule has 1 saturated heterocycles. The molecule has 3 rings (SSSR count). The Labute approximate surface area is 164 Å². The van der Waals surface area contributed by atoms with E-state index in [0.29, 0.717) is 42.3 Å². The molecular weight excluding hydrogens is 394 g/mol. The minimum absolute atomic E-state index is 0. The highest BCUT2D eigenvalue weighted by molar-refractivity contribution is 7.89. The molecule has 0 spiro atoms. The smallest absolute Gasteiger partial charge is 0.254 e. The monoisotopic (exact) mass is 415 g/mol. The Morgan fingerprint density at radius 3 is 2.31 bits per heavy atom. The summed E-state index contributed by atoms with van der Waals surface area (Å²) in [6, 6.07) is 8.55. The van der Waals surface area contributed by atoms with Crippen molar-refractivity contribution in [2.24, 2.45) is 0 Å². The van der Waals surface area contributed by atoms with E-state index < -0.39 is 10.0 Å². The van der Waals surface area contributed by atoms with Crippen LogP contribution in [0.2, 0.25) is 0 Å². The van der Waals surface area contributed by atoms with Crippen LogP contribution in [0.25, 0.3) is 0 Å². The Kier molecular flexibility index (Phi) is 6.33. The summed E-state index contributed by atoms with van der Waals surface area (Å²) in [5, 5.41) is 0. The van der Waals surface area contributed by atoms with Crippen LogP contribution in [0, 0.1) is 13.8 Å². The second-order valence-corrected chi connectivity index (χ2v) is 9.47. The van der Waals surface area contributed by atoms with Crippen LogP contribution in [0.1, 0.15) is 20.1 Å². The predicted octanol–water partition coefficient (Wildman–Crippen LogP) is 2.52.